The van der Waals surface area contributed by atoms with Gasteiger partial charge in [0.1, 0.15) is 0 Å². The summed E-state index contributed by atoms with van der Waals surface area (Å²) in [6.07, 6.45) is 0. The Kier molecular flexibility index (Phi) is 7.19. The molecule has 0 bridgehead atoms. The molecule has 156 valence electrons. The molecule has 31 heavy (non-hydrogen) atoms. The molecule has 0 atom stereocenters. The van der Waals surface area contributed by atoms with E-state index in [-0.39, 0.29) is 15.0 Å². The Morgan fingerprint density at radius 3 is 1.29 bits per heavy atom. The van der Waals surface area contributed by atoms with Crippen LogP contribution in [0.3, 0.4) is 0 Å². The molecule has 0 aliphatic carbocycles. The molecule has 4 rings (SSSR count). The number of ether oxygens (including phenoxy) is 2. The molecule has 0 amide bonds. The zero-order chi connectivity index (χ0) is 21.8. The summed E-state index contributed by atoms with van der Waals surface area (Å²) >= 11 is 7.41. The van der Waals surface area contributed by atoms with Crippen molar-refractivity contribution in [2.45, 2.75) is 0 Å². The predicted octanol–water partition coefficient (Wildman–Crippen LogP) is 6.22. The van der Waals surface area contributed by atoms with Crippen LogP contribution in [0.1, 0.15) is 0 Å². The van der Waals surface area contributed by atoms with E-state index in [9.17, 15) is 0 Å². The number of methoxy groups -OCH3 is 2. The Hall–Kier alpha value is -2.04. The van der Waals surface area contributed by atoms with Gasteiger partial charge in [-0.3, -0.25) is 0 Å². The van der Waals surface area contributed by atoms with Gasteiger partial charge in [-0.15, -0.1) is 0 Å². The maximum absolute atomic E-state index is 5.33. The zero-order valence-corrected chi connectivity index (χ0v) is 21.9. The SMILES string of the molecule is COc1ccc(-c2cc(Br)ccc2[Se]c2ccc(Br)cc2-c2ccc(OC)cc2)cc1. The van der Waals surface area contributed by atoms with Crippen molar-refractivity contribution in [1.29, 1.82) is 0 Å². The van der Waals surface area contributed by atoms with E-state index in [2.05, 4.69) is 92.5 Å². The van der Waals surface area contributed by atoms with Crippen molar-refractivity contribution >= 4 is 55.7 Å². The van der Waals surface area contributed by atoms with E-state index in [0.29, 0.717) is 0 Å². The van der Waals surface area contributed by atoms with Gasteiger partial charge in [-0.25, -0.2) is 0 Å². The normalized spacial score (nSPS) is 10.7. The summed E-state index contributed by atoms with van der Waals surface area (Å²) in [5.41, 5.74) is 4.84. The minimum atomic E-state index is 0.117. The molecule has 4 aromatic rings. The Labute approximate surface area is 206 Å². The summed E-state index contributed by atoms with van der Waals surface area (Å²) in [5, 5.41) is 0. The van der Waals surface area contributed by atoms with Gasteiger partial charge >= 0.3 is 207 Å². The summed E-state index contributed by atoms with van der Waals surface area (Å²) < 4.78 is 15.5. The molecular weight excluding hydrogens is 583 g/mol. The Balaban J connectivity index is 1.76. The van der Waals surface area contributed by atoms with Crippen molar-refractivity contribution in [3.8, 4) is 33.8 Å². The van der Waals surface area contributed by atoms with E-state index < -0.39 is 0 Å². The molecule has 0 aliphatic rings. The van der Waals surface area contributed by atoms with Crippen LogP contribution in [0.2, 0.25) is 0 Å². The summed E-state index contributed by atoms with van der Waals surface area (Å²) in [6, 6.07) is 29.6. The average molecular weight is 603 g/mol. The number of hydrogen-bond acceptors (Lipinski definition) is 2. The number of benzene rings is 4. The third kappa shape index (κ3) is 5.24. The van der Waals surface area contributed by atoms with Crippen LogP contribution in [-0.4, -0.2) is 29.2 Å². The molecular formula is C26H20Br2O2Se. The molecule has 0 N–H and O–H groups in total. The van der Waals surface area contributed by atoms with E-state index in [0.717, 1.165) is 20.4 Å². The Bertz CT molecular complexity index is 1090. The van der Waals surface area contributed by atoms with Gasteiger partial charge in [-0.05, 0) is 0 Å². The molecule has 0 spiro atoms. The summed E-state index contributed by atoms with van der Waals surface area (Å²) in [4.78, 5) is 0. The number of halogens is 2. The van der Waals surface area contributed by atoms with Crippen LogP contribution in [0.15, 0.2) is 93.9 Å². The van der Waals surface area contributed by atoms with E-state index in [4.69, 9.17) is 9.47 Å². The van der Waals surface area contributed by atoms with Crippen LogP contribution in [-0.2, 0) is 0 Å². The monoisotopic (exact) mass is 602 g/mol. The fraction of sp³-hybridized carbons (Fsp3) is 0.0769. The molecule has 0 aliphatic heterocycles. The quantitative estimate of drug-likeness (QED) is 0.244. The van der Waals surface area contributed by atoms with Crippen LogP contribution in [0, 0.1) is 0 Å². The summed E-state index contributed by atoms with van der Waals surface area (Å²) in [7, 11) is 3.38. The zero-order valence-electron chi connectivity index (χ0n) is 17.1. The van der Waals surface area contributed by atoms with Crippen molar-refractivity contribution in [3.63, 3.8) is 0 Å². The van der Waals surface area contributed by atoms with Crippen LogP contribution >= 0.6 is 31.9 Å². The third-order valence-corrected chi connectivity index (χ3v) is 8.31. The van der Waals surface area contributed by atoms with Gasteiger partial charge in [0.05, 0.1) is 0 Å². The fourth-order valence-corrected chi connectivity index (χ4v) is 6.29. The first-order valence-corrected chi connectivity index (χ1v) is 12.9. The first-order valence-electron chi connectivity index (χ1n) is 9.63. The van der Waals surface area contributed by atoms with Gasteiger partial charge in [0.2, 0.25) is 0 Å². The fourth-order valence-electron chi connectivity index (χ4n) is 3.29. The van der Waals surface area contributed by atoms with E-state index in [1.54, 1.807) is 14.2 Å². The summed E-state index contributed by atoms with van der Waals surface area (Å²) in [5.74, 6) is 1.72. The van der Waals surface area contributed by atoms with Gasteiger partial charge in [0.25, 0.3) is 0 Å². The third-order valence-electron chi connectivity index (χ3n) is 4.91. The molecule has 0 radical (unpaired) electrons. The first kappa shape index (κ1) is 22.2. The van der Waals surface area contributed by atoms with Crippen molar-refractivity contribution in [1.82, 2.24) is 0 Å². The van der Waals surface area contributed by atoms with Crippen LogP contribution in [0.25, 0.3) is 22.3 Å². The van der Waals surface area contributed by atoms with Gasteiger partial charge in [0, 0.05) is 0 Å². The second kappa shape index (κ2) is 10.1. The van der Waals surface area contributed by atoms with Gasteiger partial charge in [-0.2, -0.15) is 0 Å². The molecule has 0 heterocycles. The number of hydrogen-bond donors (Lipinski definition) is 0. The Morgan fingerprint density at radius 1 is 0.548 bits per heavy atom. The molecule has 0 unspecified atom stereocenters. The van der Waals surface area contributed by atoms with E-state index in [1.807, 2.05) is 24.3 Å². The first-order chi connectivity index (χ1) is 15.1. The second-order valence-corrected chi connectivity index (χ2v) is 10.9. The standard InChI is InChI=1S/C26H20Br2O2Se/c1-29-21-9-3-17(4-10-21)23-15-19(27)7-13-25(23)31-26-14-8-20(28)16-24(26)18-5-11-22(30-2)12-6-18/h3-16H,1-2H3. The topological polar surface area (TPSA) is 18.5 Å². The van der Waals surface area contributed by atoms with Gasteiger partial charge in [-0.1, -0.05) is 0 Å². The number of rotatable bonds is 6. The van der Waals surface area contributed by atoms with Crippen molar-refractivity contribution in [2.75, 3.05) is 14.2 Å². The van der Waals surface area contributed by atoms with Gasteiger partial charge < -0.3 is 0 Å². The second-order valence-electron chi connectivity index (χ2n) is 6.84. The van der Waals surface area contributed by atoms with Crippen molar-refractivity contribution < 1.29 is 9.47 Å². The van der Waals surface area contributed by atoms with Crippen LogP contribution in [0.4, 0.5) is 0 Å². The molecule has 0 aromatic heterocycles. The summed E-state index contributed by atoms with van der Waals surface area (Å²) in [6.45, 7) is 0. The van der Waals surface area contributed by atoms with Crippen molar-refractivity contribution in [2.24, 2.45) is 0 Å². The predicted molar refractivity (Wildman–Crippen MR) is 137 cm³/mol. The molecule has 5 heteroatoms. The van der Waals surface area contributed by atoms with E-state index >= 15 is 0 Å². The van der Waals surface area contributed by atoms with Crippen LogP contribution < -0.4 is 18.4 Å². The van der Waals surface area contributed by atoms with E-state index in [1.165, 1.54) is 31.2 Å². The molecule has 0 saturated heterocycles. The molecule has 0 saturated carbocycles. The van der Waals surface area contributed by atoms with Crippen molar-refractivity contribution in [3.05, 3.63) is 93.9 Å². The van der Waals surface area contributed by atoms with Gasteiger partial charge in [0.15, 0.2) is 0 Å². The molecule has 0 fully saturated rings. The average Bonchev–Trinajstić information content (AvgIpc) is 2.81. The van der Waals surface area contributed by atoms with Crippen LogP contribution in [0.5, 0.6) is 11.5 Å². The molecule has 4 aromatic carbocycles. The maximum atomic E-state index is 5.33. The minimum absolute atomic E-state index is 0.117. The molecule has 2 nitrogen and oxygen atoms in total. The Morgan fingerprint density at radius 2 is 0.935 bits per heavy atom.